The summed E-state index contributed by atoms with van der Waals surface area (Å²) in [5, 5.41) is 0. The van der Waals surface area contributed by atoms with Crippen LogP contribution in [0.3, 0.4) is 0 Å². The summed E-state index contributed by atoms with van der Waals surface area (Å²) in [6, 6.07) is -1.08. The second kappa shape index (κ2) is 9.03. The Bertz CT molecular complexity index is 36.5. The van der Waals surface area contributed by atoms with E-state index in [4.69, 9.17) is 10.5 Å². The Morgan fingerprint density at radius 1 is 1.67 bits per heavy atom. The van der Waals surface area contributed by atoms with Crippen LogP contribution in [0, 0.1) is 0 Å². The third-order valence-corrected chi connectivity index (χ3v) is 0. The van der Waals surface area contributed by atoms with E-state index in [0.717, 1.165) is 0 Å². The predicted octanol–water partition coefficient (Wildman–Crippen LogP) is -0.155. The number of nitrogens with two attached hydrogens (primary N) is 1. The number of amides is 2. The maximum atomic E-state index is 8.89. The normalized spacial score (nSPS) is 4.00. The zero-order chi connectivity index (χ0) is 3.58. The van der Waals surface area contributed by atoms with E-state index in [0.29, 0.717) is 0 Å². The first-order valence-electron chi connectivity index (χ1n) is 0.743. The first kappa shape index (κ1) is 16.2. The molecular formula is CH4AuN2OS-2. The Hall–Kier alpha value is 0.360. The molecule has 0 atom stereocenters. The van der Waals surface area contributed by atoms with Crippen molar-refractivity contribution in [3.8, 4) is 0 Å². The molecule has 3 nitrogen and oxygen atoms in total. The quantitative estimate of drug-likeness (QED) is 0.383. The van der Waals surface area contributed by atoms with Gasteiger partial charge in [-0.3, -0.25) is 4.79 Å². The summed E-state index contributed by atoms with van der Waals surface area (Å²) in [5.74, 6) is 0. The molecule has 3 N–H and O–H groups in total. The van der Waals surface area contributed by atoms with Crippen LogP contribution in [0.4, 0.5) is 4.79 Å². The largest absolute Gasteiger partial charge is 0.813 e. The van der Waals surface area contributed by atoms with Crippen LogP contribution < -0.4 is 5.73 Å². The fraction of sp³-hybridized carbons (Fsp3) is 0. The molecule has 43 valence electrons. The van der Waals surface area contributed by atoms with E-state index >= 15 is 0 Å². The van der Waals surface area contributed by atoms with Gasteiger partial charge in [0.15, 0.2) is 0 Å². The molecule has 0 aliphatic carbocycles. The van der Waals surface area contributed by atoms with Crippen molar-refractivity contribution < 1.29 is 27.2 Å². The molecule has 0 rings (SSSR count). The molecule has 5 heteroatoms. The smallest absolute Gasteiger partial charge is 0.147 e. The van der Waals surface area contributed by atoms with Gasteiger partial charge in [-0.25, -0.2) is 0 Å². The Morgan fingerprint density at radius 3 is 1.67 bits per heavy atom. The number of hydrogen-bond donors (Lipinski definition) is 1. The number of carbonyl (C=O) groups is 1. The Labute approximate surface area is 58.4 Å². The zero-order valence-electron chi connectivity index (χ0n) is 2.73. The summed E-state index contributed by atoms with van der Waals surface area (Å²) < 4.78 is 0. The molecule has 6 heavy (non-hydrogen) atoms. The van der Waals surface area contributed by atoms with Crippen LogP contribution in [0.2, 0.25) is 0 Å². The molecule has 0 aliphatic rings. The van der Waals surface area contributed by atoms with Crippen molar-refractivity contribution in [2.75, 3.05) is 0 Å². The van der Waals surface area contributed by atoms with Crippen LogP contribution in [-0.4, -0.2) is 6.03 Å². The van der Waals surface area contributed by atoms with E-state index in [-0.39, 0.29) is 35.9 Å². The monoisotopic (exact) mass is 289 g/mol. The molecule has 0 aromatic rings. The fourth-order valence-electron chi connectivity index (χ4n) is 0. The molecule has 0 fully saturated rings. The Balaban J connectivity index is -0.0000000450. The molecule has 0 saturated heterocycles. The van der Waals surface area contributed by atoms with Gasteiger partial charge in [0.25, 0.3) is 0 Å². The summed E-state index contributed by atoms with van der Waals surface area (Å²) in [6.45, 7) is 0. The van der Waals surface area contributed by atoms with Gasteiger partial charge >= 0.3 is 0 Å². The van der Waals surface area contributed by atoms with Crippen molar-refractivity contribution in [1.82, 2.24) is 0 Å². The Kier molecular flexibility index (Phi) is 24.3. The van der Waals surface area contributed by atoms with Crippen LogP contribution in [0.5, 0.6) is 0 Å². The second-order valence-electron chi connectivity index (χ2n) is 0.364. The molecule has 0 heterocycles. The number of nitrogens with one attached hydrogen (secondary N) is 1. The van der Waals surface area contributed by atoms with Gasteiger partial charge in [-0.1, -0.05) is 0 Å². The molecule has 0 aliphatic heterocycles. The molecule has 0 bridgehead atoms. The zero-order valence-corrected chi connectivity index (χ0v) is 5.80. The molecule has 0 saturated carbocycles. The molecule has 0 spiro atoms. The van der Waals surface area contributed by atoms with E-state index in [1.165, 1.54) is 0 Å². The van der Waals surface area contributed by atoms with Crippen molar-refractivity contribution >= 4 is 19.5 Å². The van der Waals surface area contributed by atoms with E-state index in [1.807, 2.05) is 0 Å². The molecule has 2 amide bonds. The van der Waals surface area contributed by atoms with Gasteiger partial charge in [-0.2, -0.15) is 0 Å². The molecular weight excluding hydrogens is 285 g/mol. The minimum absolute atomic E-state index is 0. The van der Waals surface area contributed by atoms with Crippen LogP contribution in [0.15, 0.2) is 0 Å². The third-order valence-electron chi connectivity index (χ3n) is 0. The van der Waals surface area contributed by atoms with Gasteiger partial charge in [0.1, 0.15) is 6.03 Å². The van der Waals surface area contributed by atoms with Gasteiger partial charge in [-0.05, 0) is 0 Å². The molecule has 0 unspecified atom stereocenters. The fourth-order valence-corrected chi connectivity index (χ4v) is 0. The van der Waals surface area contributed by atoms with Gasteiger partial charge in [0.05, 0.1) is 0 Å². The van der Waals surface area contributed by atoms with Crippen LogP contribution >= 0.6 is 0 Å². The maximum Gasteiger partial charge on any atom is 0.147 e. The van der Waals surface area contributed by atoms with Gasteiger partial charge in [0.2, 0.25) is 0 Å². The summed E-state index contributed by atoms with van der Waals surface area (Å²) in [6.07, 6.45) is 0. The molecule has 0 aromatic heterocycles. The van der Waals surface area contributed by atoms with E-state index < -0.39 is 6.03 Å². The SMILES string of the molecule is [Au].[NH-]C(N)=O.[SH-]. The summed E-state index contributed by atoms with van der Waals surface area (Å²) in [4.78, 5) is 8.89. The molecule has 1 radical (unpaired) electrons. The summed E-state index contributed by atoms with van der Waals surface area (Å²) in [7, 11) is 0. The van der Waals surface area contributed by atoms with Crippen molar-refractivity contribution in [2.24, 2.45) is 5.73 Å². The van der Waals surface area contributed by atoms with E-state index in [2.05, 4.69) is 5.73 Å². The average molecular weight is 289 g/mol. The van der Waals surface area contributed by atoms with E-state index in [1.54, 1.807) is 0 Å². The van der Waals surface area contributed by atoms with Crippen LogP contribution in [0.1, 0.15) is 0 Å². The van der Waals surface area contributed by atoms with Gasteiger partial charge < -0.3 is 25.0 Å². The molecule has 0 aromatic carbocycles. The van der Waals surface area contributed by atoms with Crippen molar-refractivity contribution in [1.29, 1.82) is 0 Å². The Morgan fingerprint density at radius 2 is 1.67 bits per heavy atom. The third kappa shape index (κ3) is 379. The number of hydrogen-bond acceptors (Lipinski definition) is 2. The first-order valence-corrected chi connectivity index (χ1v) is 0.743. The predicted molar refractivity (Wildman–Crippen MR) is 22.7 cm³/mol. The second-order valence-corrected chi connectivity index (χ2v) is 0.364. The average Bonchev–Trinajstić information content (AvgIpc) is 0.811. The van der Waals surface area contributed by atoms with Gasteiger partial charge in [0, 0.05) is 22.4 Å². The van der Waals surface area contributed by atoms with Crippen molar-refractivity contribution in [3.63, 3.8) is 0 Å². The van der Waals surface area contributed by atoms with Crippen molar-refractivity contribution in [2.45, 2.75) is 0 Å². The van der Waals surface area contributed by atoms with E-state index in [9.17, 15) is 0 Å². The maximum absolute atomic E-state index is 8.89. The van der Waals surface area contributed by atoms with Crippen LogP contribution in [0.25, 0.3) is 5.73 Å². The summed E-state index contributed by atoms with van der Waals surface area (Å²) >= 11 is 0. The number of rotatable bonds is 0. The topological polar surface area (TPSA) is 66.9 Å². The number of thiol groups is 1. The number of urea groups is 1. The number of carbonyl (C=O) groups excluding carboxylic acids is 1. The summed E-state index contributed by atoms with van der Waals surface area (Å²) in [5.41, 5.74) is 9.86. The standard InChI is InChI=1S/CH4N2O.Au.H2S/c2-1(3)4;;/h(H4,2,3,4);;1H2/p-2. The van der Waals surface area contributed by atoms with Crippen LogP contribution in [-0.2, 0) is 35.9 Å². The van der Waals surface area contributed by atoms with Crippen molar-refractivity contribution in [3.05, 3.63) is 5.73 Å². The number of primary amides is 1. The van der Waals surface area contributed by atoms with Gasteiger partial charge in [-0.15, -0.1) is 0 Å². The minimum Gasteiger partial charge on any atom is -0.813 e. The minimum atomic E-state index is -1.08. The first-order chi connectivity index (χ1) is 1.73.